The minimum atomic E-state index is -0.798. The van der Waals surface area contributed by atoms with Gasteiger partial charge in [0.1, 0.15) is 0 Å². The van der Waals surface area contributed by atoms with Gasteiger partial charge in [-0.2, -0.15) is 0 Å². The highest BCUT2D eigenvalue weighted by molar-refractivity contribution is 5.22. The zero-order valence-corrected chi connectivity index (χ0v) is 9.79. The van der Waals surface area contributed by atoms with Crippen LogP contribution in [0, 0.1) is 22.7 Å². The van der Waals surface area contributed by atoms with E-state index in [9.17, 15) is 10.2 Å². The Morgan fingerprint density at radius 3 is 2.60 bits per heavy atom. The van der Waals surface area contributed by atoms with Crippen molar-refractivity contribution in [2.24, 2.45) is 22.7 Å². The van der Waals surface area contributed by atoms with Gasteiger partial charge in [0.15, 0.2) is 0 Å². The molecule has 2 N–H and O–H groups in total. The monoisotopic (exact) mass is 210 g/mol. The molecule has 0 saturated heterocycles. The van der Waals surface area contributed by atoms with Crippen molar-refractivity contribution in [1.82, 2.24) is 0 Å². The van der Waals surface area contributed by atoms with E-state index in [2.05, 4.69) is 13.8 Å². The predicted octanol–water partition coefficient (Wildman–Crippen LogP) is 1.95. The third kappa shape index (κ3) is 0.861. The predicted molar refractivity (Wildman–Crippen MR) is 58.3 cm³/mol. The van der Waals surface area contributed by atoms with Crippen molar-refractivity contribution in [2.45, 2.75) is 51.6 Å². The first-order valence-electron chi connectivity index (χ1n) is 6.30. The number of hydrogen-bond acceptors (Lipinski definition) is 2. The Morgan fingerprint density at radius 1 is 1.27 bits per heavy atom. The van der Waals surface area contributed by atoms with E-state index in [4.69, 9.17) is 0 Å². The van der Waals surface area contributed by atoms with Gasteiger partial charge in [0.25, 0.3) is 0 Å². The van der Waals surface area contributed by atoms with Crippen LogP contribution in [0.2, 0.25) is 0 Å². The third-order valence-corrected chi connectivity index (χ3v) is 6.44. The fraction of sp³-hybridized carbons (Fsp3) is 1.00. The van der Waals surface area contributed by atoms with Gasteiger partial charge in [-0.3, -0.25) is 0 Å². The van der Waals surface area contributed by atoms with Crippen molar-refractivity contribution in [3.8, 4) is 0 Å². The van der Waals surface area contributed by atoms with Crippen LogP contribution < -0.4 is 0 Å². The fourth-order valence-electron chi connectivity index (χ4n) is 5.27. The second-order valence-electron chi connectivity index (χ2n) is 6.61. The Kier molecular flexibility index (Phi) is 1.75. The van der Waals surface area contributed by atoms with E-state index in [1.807, 2.05) is 0 Å². The molecule has 3 rings (SSSR count). The van der Waals surface area contributed by atoms with Gasteiger partial charge in [-0.25, -0.2) is 0 Å². The van der Waals surface area contributed by atoms with Crippen LogP contribution in [0.4, 0.5) is 0 Å². The molecular formula is C13H22O2. The highest BCUT2D eigenvalue weighted by atomic mass is 16.3. The lowest BCUT2D eigenvalue weighted by Crippen LogP contribution is -2.50. The van der Waals surface area contributed by atoms with E-state index < -0.39 is 5.60 Å². The first-order chi connectivity index (χ1) is 6.97. The Bertz CT molecular complexity index is 303. The molecule has 0 heterocycles. The van der Waals surface area contributed by atoms with Gasteiger partial charge >= 0.3 is 0 Å². The average molecular weight is 210 g/mol. The molecule has 0 spiro atoms. The quantitative estimate of drug-likeness (QED) is 0.694. The Balaban J connectivity index is 2.09. The minimum absolute atomic E-state index is 0.0411. The molecule has 0 aromatic rings. The Labute approximate surface area is 91.7 Å². The lowest BCUT2D eigenvalue weighted by molar-refractivity contribution is -0.124. The summed E-state index contributed by atoms with van der Waals surface area (Å²) < 4.78 is 0. The topological polar surface area (TPSA) is 40.5 Å². The zero-order chi connectivity index (χ0) is 10.9. The van der Waals surface area contributed by atoms with Crippen LogP contribution in [-0.4, -0.2) is 22.4 Å². The minimum Gasteiger partial charge on any atom is -0.393 e. The van der Waals surface area contributed by atoms with Crippen molar-refractivity contribution in [3.63, 3.8) is 0 Å². The van der Waals surface area contributed by atoms with E-state index in [1.54, 1.807) is 0 Å². The number of hydrogen-bond donors (Lipinski definition) is 2. The number of aliphatic hydroxyl groups excluding tert-OH is 1. The lowest BCUT2D eigenvalue weighted by atomic mass is 9.62. The molecule has 0 radical (unpaired) electrons. The summed E-state index contributed by atoms with van der Waals surface area (Å²) in [6, 6.07) is 0. The van der Waals surface area contributed by atoms with Gasteiger partial charge in [-0.05, 0) is 36.5 Å². The summed E-state index contributed by atoms with van der Waals surface area (Å²) in [5, 5.41) is 20.1. The van der Waals surface area contributed by atoms with E-state index in [1.165, 1.54) is 19.3 Å². The molecule has 3 aliphatic carbocycles. The molecule has 2 nitrogen and oxygen atoms in total. The van der Waals surface area contributed by atoms with Crippen molar-refractivity contribution < 1.29 is 10.2 Å². The summed E-state index contributed by atoms with van der Waals surface area (Å²) in [6.07, 6.45) is 5.87. The van der Waals surface area contributed by atoms with Gasteiger partial charge < -0.3 is 10.2 Å². The van der Waals surface area contributed by atoms with Crippen LogP contribution >= 0.6 is 0 Å². The molecule has 3 saturated carbocycles. The summed E-state index contributed by atoms with van der Waals surface area (Å²) in [6.45, 7) is 4.52. The first-order valence-corrected chi connectivity index (χ1v) is 6.30. The molecule has 5 unspecified atom stereocenters. The van der Waals surface area contributed by atoms with Gasteiger partial charge in [-0.15, -0.1) is 0 Å². The molecule has 3 fully saturated rings. The van der Waals surface area contributed by atoms with Crippen molar-refractivity contribution >= 4 is 0 Å². The van der Waals surface area contributed by atoms with Gasteiger partial charge in [0.05, 0.1) is 12.2 Å². The van der Waals surface area contributed by atoms with Crippen LogP contribution in [0.15, 0.2) is 0 Å². The SMILES string of the molecule is CC12CCCC3CC1(C)C(O)(CO)CC32. The third-order valence-electron chi connectivity index (χ3n) is 6.44. The van der Waals surface area contributed by atoms with Crippen LogP contribution in [0.1, 0.15) is 46.0 Å². The smallest absolute Gasteiger partial charge is 0.0938 e. The normalized spacial score (nSPS) is 62.4. The maximum Gasteiger partial charge on any atom is 0.0938 e. The fourth-order valence-corrected chi connectivity index (χ4v) is 5.27. The first kappa shape index (κ1) is 10.1. The molecule has 2 heteroatoms. The molecule has 0 aromatic heterocycles. The molecule has 5 atom stereocenters. The maximum atomic E-state index is 10.6. The second-order valence-corrected chi connectivity index (χ2v) is 6.61. The molecule has 0 aromatic carbocycles. The van der Waals surface area contributed by atoms with Crippen LogP contribution in [-0.2, 0) is 0 Å². The summed E-state index contributed by atoms with van der Waals surface area (Å²) in [5.41, 5.74) is -0.554. The molecular weight excluding hydrogens is 188 g/mol. The summed E-state index contributed by atoms with van der Waals surface area (Å²) in [7, 11) is 0. The average Bonchev–Trinajstić information content (AvgIpc) is 2.44. The summed E-state index contributed by atoms with van der Waals surface area (Å²) >= 11 is 0. The molecule has 15 heavy (non-hydrogen) atoms. The highest BCUT2D eigenvalue weighted by Gasteiger charge is 2.73. The highest BCUT2D eigenvalue weighted by Crippen LogP contribution is 2.75. The number of rotatable bonds is 1. The van der Waals surface area contributed by atoms with Crippen molar-refractivity contribution in [1.29, 1.82) is 0 Å². The molecule has 4 bridgehead atoms. The van der Waals surface area contributed by atoms with Gasteiger partial charge in [0.2, 0.25) is 0 Å². The molecule has 3 aliphatic rings. The Hall–Kier alpha value is -0.0800. The van der Waals surface area contributed by atoms with Crippen LogP contribution in [0.5, 0.6) is 0 Å². The van der Waals surface area contributed by atoms with E-state index >= 15 is 0 Å². The van der Waals surface area contributed by atoms with Crippen LogP contribution in [0.25, 0.3) is 0 Å². The molecule has 0 amide bonds. The van der Waals surface area contributed by atoms with Gasteiger partial charge in [0, 0.05) is 5.41 Å². The lowest BCUT2D eigenvalue weighted by Gasteiger charge is -2.45. The second kappa shape index (κ2) is 2.60. The van der Waals surface area contributed by atoms with Crippen molar-refractivity contribution in [3.05, 3.63) is 0 Å². The largest absolute Gasteiger partial charge is 0.393 e. The number of aliphatic hydroxyl groups is 2. The summed E-state index contributed by atoms with van der Waals surface area (Å²) in [5.74, 6) is 1.48. The van der Waals surface area contributed by atoms with E-state index in [-0.39, 0.29) is 17.4 Å². The van der Waals surface area contributed by atoms with E-state index in [0.717, 1.165) is 18.8 Å². The Morgan fingerprint density at radius 2 is 2.00 bits per heavy atom. The van der Waals surface area contributed by atoms with Gasteiger partial charge in [-0.1, -0.05) is 26.7 Å². The van der Waals surface area contributed by atoms with E-state index in [0.29, 0.717) is 5.92 Å². The van der Waals surface area contributed by atoms with Crippen LogP contribution in [0.3, 0.4) is 0 Å². The van der Waals surface area contributed by atoms with Crippen molar-refractivity contribution in [2.75, 3.05) is 6.61 Å². The standard InChI is InChI=1S/C13H22O2/c1-11-5-3-4-9-6-12(11,2)13(15,8-14)7-10(9)11/h9-10,14-15H,3-8H2,1-2H3. The molecule has 86 valence electrons. The maximum absolute atomic E-state index is 10.6. The molecule has 0 aliphatic heterocycles. The summed E-state index contributed by atoms with van der Waals surface area (Å²) in [4.78, 5) is 0. The zero-order valence-electron chi connectivity index (χ0n) is 9.79.